The van der Waals surface area contributed by atoms with Gasteiger partial charge in [0.1, 0.15) is 0 Å². The summed E-state index contributed by atoms with van der Waals surface area (Å²) in [7, 11) is 0. The minimum Gasteiger partial charge on any atom is -0.331 e. The van der Waals surface area contributed by atoms with Crippen LogP contribution in [0.15, 0.2) is 24.3 Å². The van der Waals surface area contributed by atoms with Crippen LogP contribution in [0.2, 0.25) is 0 Å². The van der Waals surface area contributed by atoms with Crippen LogP contribution in [0, 0.1) is 0 Å². The van der Waals surface area contributed by atoms with Crippen molar-refractivity contribution in [3.63, 3.8) is 0 Å². The fourth-order valence-electron chi connectivity index (χ4n) is 1.08. The number of benzene rings is 1. The van der Waals surface area contributed by atoms with E-state index in [-0.39, 0.29) is 0 Å². The van der Waals surface area contributed by atoms with E-state index in [1.165, 1.54) is 5.56 Å². The fraction of sp³-hybridized carbons (Fsp3) is 0.200. The number of nitrogens with one attached hydrogen (secondary N) is 3. The molecular weight excluding hydrogens is 210 g/mol. The summed E-state index contributed by atoms with van der Waals surface area (Å²) in [5.41, 5.74) is 6.92. The summed E-state index contributed by atoms with van der Waals surface area (Å²) in [6, 6.07) is 7.93. The van der Waals surface area contributed by atoms with Gasteiger partial charge >= 0.3 is 0 Å². The molecule has 0 unspecified atom stereocenters. The molecule has 0 saturated heterocycles. The van der Waals surface area contributed by atoms with E-state index in [1.807, 2.05) is 24.3 Å². The minimum absolute atomic E-state index is 0.353. The molecule has 1 aromatic carbocycles. The quantitative estimate of drug-likeness (QED) is 0.408. The van der Waals surface area contributed by atoms with E-state index >= 15 is 0 Å². The Hall–Kier alpha value is -1.62. The third-order valence-electron chi connectivity index (χ3n) is 1.86. The topological polar surface area (TPSA) is 53.2 Å². The van der Waals surface area contributed by atoms with E-state index in [9.17, 15) is 4.79 Å². The largest absolute Gasteiger partial charge is 0.331 e. The molecule has 0 fully saturated rings. The number of carbonyl (C=O) groups excluding carboxylic acids is 1. The lowest BCUT2D eigenvalue weighted by molar-refractivity contribution is -0.110. The van der Waals surface area contributed by atoms with E-state index in [0.29, 0.717) is 11.5 Å². The molecular formula is C10H13N3OS. The SMILES string of the molecule is CCc1ccc(NC(=S)NNC=O)cc1. The Kier molecular flexibility index (Phi) is 4.56. The molecule has 0 radical (unpaired) electrons. The molecule has 5 heteroatoms. The average molecular weight is 223 g/mol. The van der Waals surface area contributed by atoms with E-state index < -0.39 is 0 Å². The first-order valence-electron chi connectivity index (χ1n) is 4.61. The van der Waals surface area contributed by atoms with E-state index in [1.54, 1.807) is 0 Å². The predicted molar refractivity (Wildman–Crippen MR) is 64.4 cm³/mol. The molecule has 0 saturated carbocycles. The molecule has 0 aromatic heterocycles. The van der Waals surface area contributed by atoms with Gasteiger partial charge < -0.3 is 5.32 Å². The molecule has 15 heavy (non-hydrogen) atoms. The number of hydrazine groups is 1. The summed E-state index contributed by atoms with van der Waals surface area (Å²) in [5.74, 6) is 0. The van der Waals surface area contributed by atoms with Gasteiger partial charge in [0.25, 0.3) is 0 Å². The first-order chi connectivity index (χ1) is 7.26. The van der Waals surface area contributed by atoms with Gasteiger partial charge in [0, 0.05) is 5.69 Å². The van der Waals surface area contributed by atoms with Crippen molar-refractivity contribution in [1.82, 2.24) is 10.9 Å². The molecule has 0 heterocycles. The van der Waals surface area contributed by atoms with Crippen molar-refractivity contribution in [1.29, 1.82) is 0 Å². The number of carbonyl (C=O) groups is 1. The molecule has 0 aliphatic heterocycles. The van der Waals surface area contributed by atoms with E-state index in [4.69, 9.17) is 12.2 Å². The summed E-state index contributed by atoms with van der Waals surface area (Å²) in [6.45, 7) is 2.10. The zero-order valence-corrected chi connectivity index (χ0v) is 9.23. The maximum absolute atomic E-state index is 9.98. The number of rotatable bonds is 4. The molecule has 80 valence electrons. The number of hydrogen-bond acceptors (Lipinski definition) is 2. The van der Waals surface area contributed by atoms with Crippen LogP contribution in [0.3, 0.4) is 0 Å². The summed E-state index contributed by atoms with van der Waals surface area (Å²) < 4.78 is 0. The molecule has 0 bridgehead atoms. The smallest absolute Gasteiger partial charge is 0.225 e. The second-order valence-electron chi connectivity index (χ2n) is 2.89. The van der Waals surface area contributed by atoms with Gasteiger partial charge in [-0.25, -0.2) is 0 Å². The van der Waals surface area contributed by atoms with Gasteiger partial charge in [-0.1, -0.05) is 19.1 Å². The molecule has 0 aliphatic carbocycles. The predicted octanol–water partition coefficient (Wildman–Crippen LogP) is 1.20. The number of thiocarbonyl (C=S) groups is 1. The molecule has 1 amide bonds. The third-order valence-corrected chi connectivity index (χ3v) is 2.07. The van der Waals surface area contributed by atoms with Gasteiger partial charge in [0.05, 0.1) is 0 Å². The van der Waals surface area contributed by atoms with Crippen molar-refractivity contribution in [2.45, 2.75) is 13.3 Å². The average Bonchev–Trinajstić information content (AvgIpc) is 2.27. The minimum atomic E-state index is 0.353. The molecule has 1 rings (SSSR count). The fourth-order valence-corrected chi connectivity index (χ4v) is 1.26. The molecule has 0 aliphatic rings. The van der Waals surface area contributed by atoms with Crippen LogP contribution in [-0.4, -0.2) is 11.5 Å². The highest BCUT2D eigenvalue weighted by atomic mass is 32.1. The highest BCUT2D eigenvalue weighted by Gasteiger charge is 1.95. The van der Waals surface area contributed by atoms with Gasteiger partial charge in [-0.3, -0.25) is 15.6 Å². The number of hydrogen-bond donors (Lipinski definition) is 3. The van der Waals surface area contributed by atoms with Gasteiger partial charge in [-0.05, 0) is 36.3 Å². The zero-order chi connectivity index (χ0) is 11.1. The molecule has 0 atom stereocenters. The molecule has 1 aromatic rings. The van der Waals surface area contributed by atoms with Crippen LogP contribution in [0.4, 0.5) is 5.69 Å². The Labute approximate surface area is 94.0 Å². The maximum Gasteiger partial charge on any atom is 0.225 e. The Morgan fingerprint density at radius 1 is 1.40 bits per heavy atom. The normalized spacial score (nSPS) is 9.13. The highest BCUT2D eigenvalue weighted by molar-refractivity contribution is 7.80. The van der Waals surface area contributed by atoms with E-state index in [0.717, 1.165) is 12.1 Å². The number of anilines is 1. The van der Waals surface area contributed by atoms with Gasteiger partial charge in [-0.15, -0.1) is 0 Å². The monoisotopic (exact) mass is 223 g/mol. The first-order valence-corrected chi connectivity index (χ1v) is 5.02. The molecule has 0 spiro atoms. The van der Waals surface area contributed by atoms with Crippen LogP contribution in [0.5, 0.6) is 0 Å². The van der Waals surface area contributed by atoms with Crippen molar-refractivity contribution in [2.75, 3.05) is 5.32 Å². The van der Waals surface area contributed by atoms with Crippen molar-refractivity contribution < 1.29 is 4.79 Å². The lowest BCUT2D eigenvalue weighted by Gasteiger charge is -2.09. The van der Waals surface area contributed by atoms with Crippen LogP contribution in [0.25, 0.3) is 0 Å². The van der Waals surface area contributed by atoms with E-state index in [2.05, 4.69) is 23.1 Å². The Morgan fingerprint density at radius 2 is 2.07 bits per heavy atom. The van der Waals surface area contributed by atoms with Crippen molar-refractivity contribution in [3.05, 3.63) is 29.8 Å². The van der Waals surface area contributed by atoms with Crippen molar-refractivity contribution in [3.8, 4) is 0 Å². The van der Waals surface area contributed by atoms with Gasteiger partial charge in [0.2, 0.25) is 6.41 Å². The Balaban J connectivity index is 2.49. The molecule has 3 N–H and O–H groups in total. The standard InChI is InChI=1S/C10H13N3OS/c1-2-8-3-5-9(6-4-8)12-10(15)13-11-7-14/h3-7H,2H2,1H3,(H,11,14)(H2,12,13,15). The van der Waals surface area contributed by atoms with Gasteiger partial charge in [-0.2, -0.15) is 0 Å². The molecule has 4 nitrogen and oxygen atoms in total. The van der Waals surface area contributed by atoms with Crippen LogP contribution in [-0.2, 0) is 11.2 Å². The second-order valence-corrected chi connectivity index (χ2v) is 3.30. The third kappa shape index (κ3) is 3.95. The summed E-state index contributed by atoms with van der Waals surface area (Å²) in [5, 5.41) is 3.28. The zero-order valence-electron chi connectivity index (χ0n) is 8.41. The number of aryl methyl sites for hydroxylation is 1. The van der Waals surface area contributed by atoms with Gasteiger partial charge in [0.15, 0.2) is 5.11 Å². The van der Waals surface area contributed by atoms with Crippen LogP contribution < -0.4 is 16.2 Å². The summed E-state index contributed by atoms with van der Waals surface area (Å²) >= 11 is 4.92. The Bertz CT molecular complexity index is 337. The number of amides is 1. The van der Waals surface area contributed by atoms with Crippen molar-refractivity contribution in [2.24, 2.45) is 0 Å². The maximum atomic E-state index is 9.98. The first kappa shape index (κ1) is 11.5. The second kappa shape index (κ2) is 5.98. The van der Waals surface area contributed by atoms with Crippen LogP contribution in [0.1, 0.15) is 12.5 Å². The lowest BCUT2D eigenvalue weighted by Crippen LogP contribution is -2.39. The van der Waals surface area contributed by atoms with Crippen LogP contribution >= 0.6 is 12.2 Å². The Morgan fingerprint density at radius 3 is 2.60 bits per heavy atom. The highest BCUT2D eigenvalue weighted by Crippen LogP contribution is 2.09. The van der Waals surface area contributed by atoms with Crippen molar-refractivity contribution >= 4 is 29.4 Å². The lowest BCUT2D eigenvalue weighted by atomic mass is 10.1. The summed E-state index contributed by atoms with van der Waals surface area (Å²) in [6.07, 6.45) is 1.53. The summed E-state index contributed by atoms with van der Waals surface area (Å²) in [4.78, 5) is 9.98.